The standard InChI is InChI=1S/C13H12Cl2N2/c14-12-4-3-11(13(15)6-12)9-17-8-10-2-1-5-16-7-10/h1-7,17H,8-9H2. The maximum absolute atomic E-state index is 6.07. The van der Waals surface area contributed by atoms with Crippen molar-refractivity contribution >= 4 is 23.2 Å². The Kier molecular flexibility index (Phi) is 4.37. The van der Waals surface area contributed by atoms with E-state index in [9.17, 15) is 0 Å². The van der Waals surface area contributed by atoms with Gasteiger partial charge in [0.15, 0.2) is 0 Å². The van der Waals surface area contributed by atoms with Gasteiger partial charge in [0.05, 0.1) is 0 Å². The van der Waals surface area contributed by atoms with Crippen LogP contribution in [-0.2, 0) is 13.1 Å². The minimum absolute atomic E-state index is 0.658. The van der Waals surface area contributed by atoms with Crippen molar-refractivity contribution < 1.29 is 0 Å². The van der Waals surface area contributed by atoms with E-state index in [1.165, 1.54) is 0 Å². The number of hydrogen-bond donors (Lipinski definition) is 1. The summed E-state index contributed by atoms with van der Waals surface area (Å²) < 4.78 is 0. The van der Waals surface area contributed by atoms with Gasteiger partial charge in [-0.15, -0.1) is 0 Å². The fourth-order valence-corrected chi connectivity index (χ4v) is 1.98. The van der Waals surface area contributed by atoms with Gasteiger partial charge >= 0.3 is 0 Å². The van der Waals surface area contributed by atoms with E-state index in [0.29, 0.717) is 16.6 Å². The zero-order valence-electron chi connectivity index (χ0n) is 9.16. The predicted octanol–water partition coefficient (Wildman–Crippen LogP) is 3.68. The highest BCUT2D eigenvalue weighted by Crippen LogP contribution is 2.20. The highest BCUT2D eigenvalue weighted by molar-refractivity contribution is 6.35. The third kappa shape index (κ3) is 3.70. The number of aromatic nitrogens is 1. The van der Waals surface area contributed by atoms with Crippen LogP contribution >= 0.6 is 23.2 Å². The van der Waals surface area contributed by atoms with Crippen LogP contribution in [0.15, 0.2) is 42.7 Å². The van der Waals surface area contributed by atoms with E-state index in [1.54, 1.807) is 12.3 Å². The third-order valence-corrected chi connectivity index (χ3v) is 2.97. The van der Waals surface area contributed by atoms with E-state index in [2.05, 4.69) is 10.3 Å². The fourth-order valence-electron chi connectivity index (χ4n) is 1.51. The molecule has 0 radical (unpaired) electrons. The topological polar surface area (TPSA) is 24.9 Å². The molecule has 0 saturated carbocycles. The average molecular weight is 267 g/mol. The number of rotatable bonds is 4. The number of pyridine rings is 1. The van der Waals surface area contributed by atoms with Gasteiger partial charge in [-0.2, -0.15) is 0 Å². The van der Waals surface area contributed by atoms with Crippen LogP contribution < -0.4 is 5.32 Å². The highest BCUT2D eigenvalue weighted by Gasteiger charge is 2.00. The van der Waals surface area contributed by atoms with Gasteiger partial charge in [-0.25, -0.2) is 0 Å². The van der Waals surface area contributed by atoms with Gasteiger partial charge in [0.2, 0.25) is 0 Å². The first-order valence-electron chi connectivity index (χ1n) is 5.29. The monoisotopic (exact) mass is 266 g/mol. The molecule has 1 heterocycles. The largest absolute Gasteiger partial charge is 0.309 e. The second-order valence-corrected chi connectivity index (χ2v) is 4.54. The zero-order valence-corrected chi connectivity index (χ0v) is 10.7. The summed E-state index contributed by atoms with van der Waals surface area (Å²) in [4.78, 5) is 4.06. The van der Waals surface area contributed by atoms with Crippen molar-refractivity contribution in [2.24, 2.45) is 0 Å². The number of hydrogen-bond acceptors (Lipinski definition) is 2. The second kappa shape index (κ2) is 6.01. The fraction of sp³-hybridized carbons (Fsp3) is 0.154. The SMILES string of the molecule is Clc1ccc(CNCc2cccnc2)c(Cl)c1. The Morgan fingerprint density at radius 2 is 2.00 bits per heavy atom. The van der Waals surface area contributed by atoms with Crippen LogP contribution in [0.1, 0.15) is 11.1 Å². The molecular formula is C13H12Cl2N2. The number of halogens is 2. The molecule has 88 valence electrons. The lowest BCUT2D eigenvalue weighted by atomic mass is 10.2. The van der Waals surface area contributed by atoms with Gasteiger partial charge in [-0.05, 0) is 29.3 Å². The van der Waals surface area contributed by atoms with Crippen LogP contribution in [0.25, 0.3) is 0 Å². The molecule has 1 aromatic heterocycles. The first-order chi connectivity index (χ1) is 8.25. The van der Waals surface area contributed by atoms with Gasteiger partial charge < -0.3 is 5.32 Å². The Balaban J connectivity index is 1.90. The molecule has 0 amide bonds. The van der Waals surface area contributed by atoms with Crippen molar-refractivity contribution in [2.45, 2.75) is 13.1 Å². The summed E-state index contributed by atoms with van der Waals surface area (Å²) in [7, 11) is 0. The van der Waals surface area contributed by atoms with Crippen LogP contribution in [0.3, 0.4) is 0 Å². The van der Waals surface area contributed by atoms with Crippen molar-refractivity contribution in [3.8, 4) is 0 Å². The number of nitrogens with one attached hydrogen (secondary N) is 1. The molecule has 0 bridgehead atoms. The lowest BCUT2D eigenvalue weighted by Gasteiger charge is -2.06. The molecular weight excluding hydrogens is 255 g/mol. The summed E-state index contributed by atoms with van der Waals surface area (Å²) in [6, 6.07) is 9.48. The average Bonchev–Trinajstić information content (AvgIpc) is 2.33. The van der Waals surface area contributed by atoms with Crippen molar-refractivity contribution in [3.05, 3.63) is 63.9 Å². The van der Waals surface area contributed by atoms with E-state index in [-0.39, 0.29) is 0 Å². The van der Waals surface area contributed by atoms with Crippen LogP contribution in [-0.4, -0.2) is 4.98 Å². The second-order valence-electron chi connectivity index (χ2n) is 3.70. The van der Waals surface area contributed by atoms with Gasteiger partial charge in [0.25, 0.3) is 0 Å². The highest BCUT2D eigenvalue weighted by atomic mass is 35.5. The number of benzene rings is 1. The maximum Gasteiger partial charge on any atom is 0.0465 e. The minimum atomic E-state index is 0.658. The molecule has 1 N–H and O–H groups in total. The van der Waals surface area contributed by atoms with Crippen LogP contribution in [0.4, 0.5) is 0 Å². The van der Waals surface area contributed by atoms with Crippen molar-refractivity contribution in [3.63, 3.8) is 0 Å². The van der Waals surface area contributed by atoms with Crippen LogP contribution in [0, 0.1) is 0 Å². The Bertz CT molecular complexity index is 486. The summed E-state index contributed by atoms with van der Waals surface area (Å²) in [5.74, 6) is 0. The smallest absolute Gasteiger partial charge is 0.0465 e. The Morgan fingerprint density at radius 1 is 1.12 bits per heavy atom. The summed E-state index contributed by atoms with van der Waals surface area (Å²) in [5.41, 5.74) is 2.19. The van der Waals surface area contributed by atoms with Crippen molar-refractivity contribution in [1.29, 1.82) is 0 Å². The predicted molar refractivity (Wildman–Crippen MR) is 71.2 cm³/mol. The molecule has 2 rings (SSSR count). The molecule has 0 aliphatic heterocycles. The summed E-state index contributed by atoms with van der Waals surface area (Å²) >= 11 is 11.9. The van der Waals surface area contributed by atoms with Gasteiger partial charge in [0.1, 0.15) is 0 Å². The molecule has 0 saturated heterocycles. The van der Waals surface area contributed by atoms with Gasteiger partial charge in [0, 0.05) is 35.5 Å². The van der Waals surface area contributed by atoms with E-state index < -0.39 is 0 Å². The maximum atomic E-state index is 6.07. The van der Waals surface area contributed by atoms with Crippen LogP contribution in [0.2, 0.25) is 10.0 Å². The molecule has 0 atom stereocenters. The normalized spacial score (nSPS) is 10.5. The third-order valence-electron chi connectivity index (χ3n) is 2.38. The van der Waals surface area contributed by atoms with Gasteiger partial charge in [-0.3, -0.25) is 4.98 Å². The van der Waals surface area contributed by atoms with E-state index in [0.717, 1.165) is 17.7 Å². The molecule has 0 spiro atoms. The summed E-state index contributed by atoms with van der Waals surface area (Å²) in [6.45, 7) is 1.48. The molecule has 0 aliphatic rings. The zero-order chi connectivity index (χ0) is 12.1. The van der Waals surface area contributed by atoms with Crippen molar-refractivity contribution in [1.82, 2.24) is 10.3 Å². The quantitative estimate of drug-likeness (QED) is 0.914. The molecule has 0 aliphatic carbocycles. The Morgan fingerprint density at radius 3 is 2.71 bits per heavy atom. The summed E-state index contributed by atoms with van der Waals surface area (Å²) in [6.07, 6.45) is 3.61. The molecule has 2 nitrogen and oxygen atoms in total. The minimum Gasteiger partial charge on any atom is -0.309 e. The molecule has 17 heavy (non-hydrogen) atoms. The van der Waals surface area contributed by atoms with Crippen LogP contribution in [0.5, 0.6) is 0 Å². The lowest BCUT2D eigenvalue weighted by Crippen LogP contribution is -2.13. The lowest BCUT2D eigenvalue weighted by molar-refractivity contribution is 0.691. The van der Waals surface area contributed by atoms with E-state index >= 15 is 0 Å². The molecule has 1 aromatic carbocycles. The molecule has 2 aromatic rings. The van der Waals surface area contributed by atoms with Crippen molar-refractivity contribution in [2.75, 3.05) is 0 Å². The first kappa shape index (κ1) is 12.4. The van der Waals surface area contributed by atoms with E-state index in [1.807, 2.05) is 30.5 Å². The number of nitrogens with zero attached hydrogens (tertiary/aromatic N) is 1. The van der Waals surface area contributed by atoms with Gasteiger partial charge in [-0.1, -0.05) is 35.3 Å². The van der Waals surface area contributed by atoms with E-state index in [4.69, 9.17) is 23.2 Å². The summed E-state index contributed by atoms with van der Waals surface area (Å²) in [5, 5.41) is 4.66. The Labute approximate surface area is 111 Å². The molecule has 0 fully saturated rings. The Hall–Kier alpha value is -1.09. The molecule has 0 unspecified atom stereocenters. The molecule has 4 heteroatoms. The first-order valence-corrected chi connectivity index (χ1v) is 6.05.